The van der Waals surface area contributed by atoms with Gasteiger partial charge in [-0.1, -0.05) is 27.2 Å². The van der Waals surface area contributed by atoms with Crippen LogP contribution in [0.2, 0.25) is 0 Å². The molecule has 0 aromatic carbocycles. The highest BCUT2D eigenvalue weighted by Crippen LogP contribution is 2.40. The van der Waals surface area contributed by atoms with Crippen LogP contribution in [0.25, 0.3) is 0 Å². The van der Waals surface area contributed by atoms with E-state index in [-0.39, 0.29) is 0 Å². The van der Waals surface area contributed by atoms with Crippen molar-refractivity contribution in [2.75, 3.05) is 6.54 Å². The molecule has 1 heterocycles. The van der Waals surface area contributed by atoms with Gasteiger partial charge in [0.25, 0.3) is 0 Å². The molecule has 4 unspecified atom stereocenters. The van der Waals surface area contributed by atoms with E-state index in [2.05, 4.69) is 44.1 Å². The van der Waals surface area contributed by atoms with E-state index in [4.69, 9.17) is 0 Å². The van der Waals surface area contributed by atoms with E-state index >= 15 is 0 Å². The summed E-state index contributed by atoms with van der Waals surface area (Å²) in [4.78, 5) is 4.23. The maximum absolute atomic E-state index is 4.23. The third kappa shape index (κ3) is 3.36. The van der Waals surface area contributed by atoms with E-state index in [1.54, 1.807) is 0 Å². The molecule has 2 heteroatoms. The van der Waals surface area contributed by atoms with Crippen LogP contribution >= 0.6 is 0 Å². The van der Waals surface area contributed by atoms with Gasteiger partial charge in [-0.15, -0.1) is 0 Å². The molecular weight excluding hydrogens is 232 g/mol. The standard InChI is InChI=1S/C17H28N2/c1-5-19-17(16-8-9-18-11-14(16)4)15-7-6-12(2)13(3)10-15/h8-9,11-13,15,17,19H,5-7,10H2,1-4H3. The van der Waals surface area contributed by atoms with Gasteiger partial charge < -0.3 is 5.32 Å². The van der Waals surface area contributed by atoms with Gasteiger partial charge in [-0.05, 0) is 61.3 Å². The molecule has 0 spiro atoms. The topological polar surface area (TPSA) is 24.9 Å². The lowest BCUT2D eigenvalue weighted by molar-refractivity contribution is 0.171. The number of aromatic nitrogens is 1. The maximum atomic E-state index is 4.23. The third-order valence-corrected chi connectivity index (χ3v) is 4.93. The Hall–Kier alpha value is -0.890. The molecule has 106 valence electrons. The zero-order valence-corrected chi connectivity index (χ0v) is 12.8. The molecule has 1 aromatic rings. The smallest absolute Gasteiger partial charge is 0.0352 e. The number of aryl methyl sites for hydroxylation is 1. The SMILES string of the molecule is CCNC(c1ccncc1C)C1CCC(C)C(C)C1. The van der Waals surface area contributed by atoms with Gasteiger partial charge in [-0.2, -0.15) is 0 Å². The second kappa shape index (κ2) is 6.51. The first-order valence-electron chi connectivity index (χ1n) is 7.77. The molecule has 4 atom stereocenters. The van der Waals surface area contributed by atoms with Gasteiger partial charge in [0, 0.05) is 18.4 Å². The fraction of sp³-hybridized carbons (Fsp3) is 0.706. The van der Waals surface area contributed by atoms with Gasteiger partial charge in [0.15, 0.2) is 0 Å². The summed E-state index contributed by atoms with van der Waals surface area (Å²) < 4.78 is 0. The highest BCUT2D eigenvalue weighted by Gasteiger charge is 2.31. The Morgan fingerprint density at radius 2 is 2.11 bits per heavy atom. The third-order valence-electron chi connectivity index (χ3n) is 4.93. The molecule has 0 radical (unpaired) electrons. The lowest BCUT2D eigenvalue weighted by Gasteiger charge is -2.37. The lowest BCUT2D eigenvalue weighted by Crippen LogP contribution is -2.33. The number of rotatable bonds is 4. The van der Waals surface area contributed by atoms with Crippen LogP contribution in [0.15, 0.2) is 18.5 Å². The Balaban J connectivity index is 2.19. The quantitative estimate of drug-likeness (QED) is 0.881. The molecule has 2 nitrogen and oxygen atoms in total. The van der Waals surface area contributed by atoms with Crippen LogP contribution in [-0.4, -0.2) is 11.5 Å². The van der Waals surface area contributed by atoms with Crippen molar-refractivity contribution in [1.82, 2.24) is 10.3 Å². The van der Waals surface area contributed by atoms with Crippen LogP contribution in [0.4, 0.5) is 0 Å². The van der Waals surface area contributed by atoms with Crippen molar-refractivity contribution in [3.8, 4) is 0 Å². The van der Waals surface area contributed by atoms with Crippen LogP contribution in [-0.2, 0) is 0 Å². The predicted molar refractivity (Wildman–Crippen MR) is 81.1 cm³/mol. The molecule has 1 aromatic heterocycles. The van der Waals surface area contributed by atoms with Crippen LogP contribution in [0, 0.1) is 24.7 Å². The molecule has 19 heavy (non-hydrogen) atoms. The van der Waals surface area contributed by atoms with E-state index in [1.165, 1.54) is 30.4 Å². The molecule has 1 fully saturated rings. The summed E-state index contributed by atoms with van der Waals surface area (Å²) in [5, 5.41) is 3.72. The van der Waals surface area contributed by atoms with Crippen LogP contribution in [0.3, 0.4) is 0 Å². The van der Waals surface area contributed by atoms with Crippen molar-refractivity contribution in [2.24, 2.45) is 17.8 Å². The molecule has 0 amide bonds. The number of nitrogens with one attached hydrogen (secondary N) is 1. The van der Waals surface area contributed by atoms with E-state index in [9.17, 15) is 0 Å². The minimum absolute atomic E-state index is 0.503. The summed E-state index contributed by atoms with van der Waals surface area (Å²) in [7, 11) is 0. The van der Waals surface area contributed by atoms with Gasteiger partial charge in [0.1, 0.15) is 0 Å². The Morgan fingerprint density at radius 3 is 2.74 bits per heavy atom. The van der Waals surface area contributed by atoms with Crippen LogP contribution < -0.4 is 5.32 Å². The number of pyridine rings is 1. The molecule has 0 bridgehead atoms. The number of hydrogen-bond acceptors (Lipinski definition) is 2. The van der Waals surface area contributed by atoms with Gasteiger partial charge in [-0.3, -0.25) is 4.98 Å². The second-order valence-electron chi connectivity index (χ2n) is 6.30. The van der Waals surface area contributed by atoms with Crippen molar-refractivity contribution in [3.63, 3.8) is 0 Å². The molecule has 2 rings (SSSR count). The number of hydrogen-bond donors (Lipinski definition) is 1. The highest BCUT2D eigenvalue weighted by atomic mass is 14.9. The van der Waals surface area contributed by atoms with E-state index in [0.29, 0.717) is 6.04 Å². The first-order valence-corrected chi connectivity index (χ1v) is 7.77. The molecule has 0 aliphatic heterocycles. The van der Waals surface area contributed by atoms with Crippen molar-refractivity contribution < 1.29 is 0 Å². The fourth-order valence-electron chi connectivity index (χ4n) is 3.48. The van der Waals surface area contributed by atoms with Crippen molar-refractivity contribution in [1.29, 1.82) is 0 Å². The monoisotopic (exact) mass is 260 g/mol. The number of nitrogens with zero attached hydrogens (tertiary/aromatic N) is 1. The molecular formula is C17H28N2. The largest absolute Gasteiger partial charge is 0.310 e. The van der Waals surface area contributed by atoms with Crippen molar-refractivity contribution in [2.45, 2.75) is 53.0 Å². The summed E-state index contributed by atoms with van der Waals surface area (Å²) in [6.07, 6.45) is 8.00. The average Bonchev–Trinajstić information content (AvgIpc) is 2.40. The average molecular weight is 260 g/mol. The van der Waals surface area contributed by atoms with E-state index in [1.807, 2.05) is 12.4 Å². The minimum Gasteiger partial charge on any atom is -0.310 e. The molecule has 1 saturated carbocycles. The van der Waals surface area contributed by atoms with E-state index in [0.717, 1.165) is 24.3 Å². The Kier molecular flexibility index (Phi) is 4.98. The van der Waals surface area contributed by atoms with Crippen molar-refractivity contribution >= 4 is 0 Å². The summed E-state index contributed by atoms with van der Waals surface area (Å²) in [6.45, 7) is 10.2. The Labute approximate surface area is 118 Å². The van der Waals surface area contributed by atoms with Gasteiger partial charge in [-0.25, -0.2) is 0 Å². The highest BCUT2D eigenvalue weighted by molar-refractivity contribution is 5.26. The molecule has 0 saturated heterocycles. The van der Waals surface area contributed by atoms with Crippen molar-refractivity contribution in [3.05, 3.63) is 29.6 Å². The normalized spacial score (nSPS) is 29.2. The summed E-state index contributed by atoms with van der Waals surface area (Å²) in [5.41, 5.74) is 2.77. The zero-order valence-electron chi connectivity index (χ0n) is 12.8. The fourth-order valence-corrected chi connectivity index (χ4v) is 3.48. The van der Waals surface area contributed by atoms with Gasteiger partial charge in [0.2, 0.25) is 0 Å². The molecule has 1 aliphatic rings. The second-order valence-corrected chi connectivity index (χ2v) is 6.30. The minimum atomic E-state index is 0.503. The maximum Gasteiger partial charge on any atom is 0.0352 e. The van der Waals surface area contributed by atoms with Crippen LogP contribution in [0.1, 0.15) is 57.2 Å². The lowest BCUT2D eigenvalue weighted by atomic mass is 9.71. The van der Waals surface area contributed by atoms with E-state index < -0.39 is 0 Å². The summed E-state index contributed by atoms with van der Waals surface area (Å²) in [5.74, 6) is 2.51. The Bertz CT molecular complexity index is 402. The first kappa shape index (κ1) is 14.5. The van der Waals surface area contributed by atoms with Gasteiger partial charge >= 0.3 is 0 Å². The predicted octanol–water partition coefficient (Wildman–Crippen LogP) is 4.11. The van der Waals surface area contributed by atoms with Gasteiger partial charge in [0.05, 0.1) is 0 Å². The molecule has 1 N–H and O–H groups in total. The Morgan fingerprint density at radius 1 is 1.32 bits per heavy atom. The summed E-state index contributed by atoms with van der Waals surface area (Å²) in [6, 6.07) is 2.70. The van der Waals surface area contributed by atoms with Crippen LogP contribution in [0.5, 0.6) is 0 Å². The first-order chi connectivity index (χ1) is 9.13. The molecule has 1 aliphatic carbocycles. The zero-order chi connectivity index (χ0) is 13.8. The summed E-state index contributed by atoms with van der Waals surface area (Å²) >= 11 is 0.